The smallest absolute Gasteiger partial charge is 0.410 e. The van der Waals surface area contributed by atoms with Gasteiger partial charge in [0.1, 0.15) is 10.5 Å². The SMILES string of the molecule is CC(C)C(C)(C)[Si]OC(C)(C)[C@H]1C[C@@H](OS(=O)(=O)c2cccc([N+](=O)[O-])c2)CN1C(=O)OC(C)(C)C. The Labute approximate surface area is 216 Å². The van der Waals surface area contributed by atoms with Crippen molar-refractivity contribution in [2.24, 2.45) is 5.92 Å². The molecule has 0 aromatic heterocycles. The van der Waals surface area contributed by atoms with Gasteiger partial charge in [0, 0.05) is 18.6 Å². The number of ether oxygens (including phenoxy) is 1. The molecule has 2 atom stereocenters. The molecule has 0 bridgehead atoms. The van der Waals surface area contributed by atoms with E-state index >= 15 is 0 Å². The lowest BCUT2D eigenvalue weighted by atomic mass is 9.96. The minimum Gasteiger partial charge on any atom is -0.444 e. The summed E-state index contributed by atoms with van der Waals surface area (Å²) in [6.45, 7) is 17.4. The minimum atomic E-state index is -4.32. The summed E-state index contributed by atoms with van der Waals surface area (Å²) in [6.07, 6.45) is -1.28. The van der Waals surface area contributed by atoms with E-state index in [1.165, 1.54) is 23.1 Å². The Morgan fingerprint density at radius 2 is 1.78 bits per heavy atom. The van der Waals surface area contributed by atoms with Gasteiger partial charge in [0.15, 0.2) is 0 Å². The Kier molecular flexibility index (Phi) is 9.03. The first-order chi connectivity index (χ1) is 16.2. The first-order valence-electron chi connectivity index (χ1n) is 11.9. The van der Waals surface area contributed by atoms with Crippen LogP contribution in [0, 0.1) is 16.0 Å². The number of benzene rings is 1. The largest absolute Gasteiger partial charge is 0.444 e. The van der Waals surface area contributed by atoms with Crippen molar-refractivity contribution in [1.82, 2.24) is 4.90 Å². The molecule has 0 spiro atoms. The maximum atomic E-state index is 13.1. The van der Waals surface area contributed by atoms with Gasteiger partial charge in [-0.25, -0.2) is 4.79 Å². The summed E-state index contributed by atoms with van der Waals surface area (Å²) in [5.41, 5.74) is -1.93. The fourth-order valence-corrected chi connectivity index (χ4v) is 5.50. The molecule has 202 valence electrons. The highest BCUT2D eigenvalue weighted by Gasteiger charge is 2.48. The second-order valence-corrected chi connectivity index (χ2v) is 14.8. The molecule has 2 rings (SSSR count). The first kappa shape index (κ1) is 30.2. The summed E-state index contributed by atoms with van der Waals surface area (Å²) in [5, 5.41) is 11.0. The molecule has 2 radical (unpaired) electrons. The van der Waals surface area contributed by atoms with Crippen LogP contribution in [-0.2, 0) is 23.5 Å². The third-order valence-corrected chi connectivity index (χ3v) is 9.38. The molecule has 0 unspecified atom stereocenters. The van der Waals surface area contributed by atoms with E-state index in [-0.39, 0.29) is 38.3 Å². The number of nitro groups is 1. The zero-order chi connectivity index (χ0) is 27.7. The van der Waals surface area contributed by atoms with Crippen LogP contribution in [0.5, 0.6) is 0 Å². The molecular formula is C24H38N2O8SSi. The molecule has 1 amide bonds. The van der Waals surface area contributed by atoms with Crippen molar-refractivity contribution < 1.29 is 31.5 Å². The van der Waals surface area contributed by atoms with Crippen LogP contribution >= 0.6 is 0 Å². The standard InChI is InChI=1S/C24H38N2O8SSi/c1-16(2)24(8,9)36-34-23(6,7)20-14-18(15-25(20)21(27)32-22(3,4)5)33-35(30,31)19-12-10-11-17(13-19)26(28)29/h10-13,16,18,20H,14-15H2,1-9H3/t18-,20-/m1/s1. The highest BCUT2D eigenvalue weighted by molar-refractivity contribution is 7.86. The van der Waals surface area contributed by atoms with Crippen molar-refractivity contribution in [2.45, 2.75) is 102 Å². The highest BCUT2D eigenvalue weighted by Crippen LogP contribution is 2.38. The van der Waals surface area contributed by atoms with Crippen LogP contribution in [0.2, 0.25) is 5.04 Å². The van der Waals surface area contributed by atoms with Crippen LogP contribution in [0.15, 0.2) is 29.2 Å². The number of nitrogens with zero attached hydrogens (tertiary/aromatic N) is 2. The van der Waals surface area contributed by atoms with E-state index in [2.05, 4.69) is 27.7 Å². The molecule has 0 saturated carbocycles. The van der Waals surface area contributed by atoms with Crippen molar-refractivity contribution >= 4 is 31.7 Å². The summed E-state index contributed by atoms with van der Waals surface area (Å²) >= 11 is 0. The van der Waals surface area contributed by atoms with Crippen molar-refractivity contribution in [1.29, 1.82) is 0 Å². The third kappa shape index (κ3) is 7.74. The predicted molar refractivity (Wildman–Crippen MR) is 136 cm³/mol. The Hall–Kier alpha value is -2.02. The molecule has 12 heteroatoms. The number of rotatable bonds is 9. The van der Waals surface area contributed by atoms with E-state index in [0.717, 1.165) is 6.07 Å². The molecular weight excluding hydrogens is 504 g/mol. The molecule has 1 saturated heterocycles. The van der Waals surface area contributed by atoms with Gasteiger partial charge in [-0.2, -0.15) is 8.42 Å². The maximum Gasteiger partial charge on any atom is 0.410 e. The summed E-state index contributed by atoms with van der Waals surface area (Å²) in [4.78, 5) is 24.7. The monoisotopic (exact) mass is 542 g/mol. The number of carbonyl (C=O) groups excluding carboxylic acids is 1. The Balaban J connectivity index is 2.31. The van der Waals surface area contributed by atoms with Gasteiger partial charge < -0.3 is 9.16 Å². The van der Waals surface area contributed by atoms with Crippen LogP contribution in [0.1, 0.15) is 68.7 Å². The highest BCUT2D eigenvalue weighted by atomic mass is 32.2. The van der Waals surface area contributed by atoms with E-state index < -0.39 is 44.5 Å². The predicted octanol–water partition coefficient (Wildman–Crippen LogP) is 4.95. The number of non-ortho nitro benzene ring substituents is 1. The zero-order valence-corrected chi connectivity index (χ0v) is 24.3. The first-order valence-corrected chi connectivity index (χ1v) is 14.2. The van der Waals surface area contributed by atoms with Gasteiger partial charge in [0.25, 0.3) is 15.8 Å². The van der Waals surface area contributed by atoms with Gasteiger partial charge in [0.05, 0.1) is 29.2 Å². The molecule has 0 aliphatic carbocycles. The van der Waals surface area contributed by atoms with Crippen LogP contribution in [0.4, 0.5) is 10.5 Å². The number of hydrogen-bond donors (Lipinski definition) is 0. The topological polar surface area (TPSA) is 125 Å². The maximum absolute atomic E-state index is 13.1. The van der Waals surface area contributed by atoms with E-state index in [9.17, 15) is 23.3 Å². The lowest BCUT2D eigenvalue weighted by Crippen LogP contribution is -2.52. The van der Waals surface area contributed by atoms with Gasteiger partial charge in [0.2, 0.25) is 9.76 Å². The fraction of sp³-hybridized carbons (Fsp3) is 0.708. The zero-order valence-electron chi connectivity index (χ0n) is 22.5. The lowest BCUT2D eigenvalue weighted by Gasteiger charge is -2.40. The number of nitro benzene ring substituents is 1. The second-order valence-electron chi connectivity index (χ2n) is 11.5. The Bertz CT molecular complexity index is 1070. The molecule has 1 heterocycles. The summed E-state index contributed by atoms with van der Waals surface area (Å²) in [5.74, 6) is 0.369. The van der Waals surface area contributed by atoms with Crippen molar-refractivity contribution in [3.63, 3.8) is 0 Å². The molecule has 1 aromatic rings. The van der Waals surface area contributed by atoms with E-state index in [4.69, 9.17) is 13.3 Å². The van der Waals surface area contributed by atoms with Crippen molar-refractivity contribution in [3.05, 3.63) is 34.4 Å². The summed E-state index contributed by atoms with van der Waals surface area (Å²) in [6, 6.07) is 4.16. The molecule has 36 heavy (non-hydrogen) atoms. The van der Waals surface area contributed by atoms with Gasteiger partial charge in [-0.05, 0) is 51.6 Å². The van der Waals surface area contributed by atoms with Gasteiger partial charge >= 0.3 is 6.09 Å². The Morgan fingerprint density at radius 1 is 1.17 bits per heavy atom. The van der Waals surface area contributed by atoms with Crippen molar-refractivity contribution in [2.75, 3.05) is 6.54 Å². The quantitative estimate of drug-likeness (QED) is 0.186. The molecule has 1 aromatic carbocycles. The number of hydrogen-bond acceptors (Lipinski definition) is 8. The summed E-state index contributed by atoms with van der Waals surface area (Å²) in [7, 11) is -4.18. The Morgan fingerprint density at radius 3 is 2.31 bits per heavy atom. The van der Waals surface area contributed by atoms with Gasteiger partial charge in [-0.15, -0.1) is 0 Å². The normalized spacial score (nSPS) is 19.6. The van der Waals surface area contributed by atoms with E-state index in [1.54, 1.807) is 20.8 Å². The van der Waals surface area contributed by atoms with E-state index in [1.807, 2.05) is 13.8 Å². The van der Waals surface area contributed by atoms with E-state index in [0.29, 0.717) is 5.92 Å². The van der Waals surface area contributed by atoms with Crippen LogP contribution in [0.25, 0.3) is 0 Å². The van der Waals surface area contributed by atoms with Gasteiger partial charge in [-0.3, -0.25) is 19.2 Å². The average molecular weight is 543 g/mol. The second kappa shape index (κ2) is 10.8. The van der Waals surface area contributed by atoms with Crippen LogP contribution in [-0.4, -0.2) is 64.0 Å². The van der Waals surface area contributed by atoms with Gasteiger partial charge in [-0.1, -0.05) is 33.8 Å². The molecule has 1 aliphatic rings. The molecule has 1 fully saturated rings. The minimum absolute atomic E-state index is 0.0305. The lowest BCUT2D eigenvalue weighted by molar-refractivity contribution is -0.385. The fourth-order valence-electron chi connectivity index (χ4n) is 3.48. The number of amides is 1. The number of likely N-dealkylation sites (tertiary alicyclic amines) is 1. The summed E-state index contributed by atoms with van der Waals surface area (Å²) < 4.78 is 43.3. The van der Waals surface area contributed by atoms with Crippen LogP contribution in [0.3, 0.4) is 0 Å². The third-order valence-electron chi connectivity index (χ3n) is 6.29. The number of carbonyl (C=O) groups is 1. The average Bonchev–Trinajstić information content (AvgIpc) is 3.15. The molecule has 1 aliphatic heterocycles. The van der Waals surface area contributed by atoms with Crippen molar-refractivity contribution in [3.8, 4) is 0 Å². The molecule has 10 nitrogen and oxygen atoms in total. The molecule has 0 N–H and O–H groups in total. The van der Waals surface area contributed by atoms with Crippen LogP contribution < -0.4 is 0 Å².